The summed E-state index contributed by atoms with van der Waals surface area (Å²) in [6, 6.07) is 9.30. The molecule has 0 aromatic heterocycles. The Morgan fingerprint density at radius 3 is 2.35 bits per heavy atom. The molecular weight excluding hydrogens is 216 g/mol. The molecule has 0 saturated carbocycles. The van der Waals surface area contributed by atoms with Crippen LogP contribution in [-0.4, -0.2) is 20.0 Å². The molecule has 17 heavy (non-hydrogen) atoms. The van der Waals surface area contributed by atoms with E-state index in [0.29, 0.717) is 11.3 Å². The summed E-state index contributed by atoms with van der Waals surface area (Å²) < 4.78 is 10.6. The van der Waals surface area contributed by atoms with Crippen LogP contribution in [-0.2, 0) is 0 Å². The number of hydrogen-bond acceptors (Lipinski definition) is 3. The zero-order chi connectivity index (χ0) is 12.4. The third-order valence-corrected chi connectivity index (χ3v) is 2.75. The van der Waals surface area contributed by atoms with Crippen LogP contribution in [0.5, 0.6) is 11.5 Å². The highest BCUT2D eigenvalue weighted by molar-refractivity contribution is 6.02. The van der Waals surface area contributed by atoms with Gasteiger partial charge in [0.2, 0.25) is 0 Å². The van der Waals surface area contributed by atoms with Crippen LogP contribution in [0.3, 0.4) is 0 Å². The second-order valence-electron chi connectivity index (χ2n) is 3.79. The highest BCUT2D eigenvalue weighted by Gasteiger charge is 2.11. The number of hydrogen-bond donors (Lipinski definition) is 0. The van der Waals surface area contributed by atoms with E-state index in [-0.39, 0.29) is 5.78 Å². The molecule has 0 bridgehead atoms. The summed E-state index contributed by atoms with van der Waals surface area (Å²) in [6.45, 7) is 1.54. The number of ketones is 1. The Morgan fingerprint density at radius 1 is 1.06 bits per heavy atom. The Kier molecular flexibility index (Phi) is 3.00. The molecule has 0 fully saturated rings. The summed E-state index contributed by atoms with van der Waals surface area (Å²) in [4.78, 5) is 11.4. The Morgan fingerprint density at radius 2 is 1.76 bits per heavy atom. The largest absolute Gasteiger partial charge is 0.496 e. The van der Waals surface area contributed by atoms with E-state index in [2.05, 4.69) is 0 Å². The van der Waals surface area contributed by atoms with Gasteiger partial charge < -0.3 is 9.47 Å². The quantitative estimate of drug-likeness (QED) is 0.760. The van der Waals surface area contributed by atoms with Crippen LogP contribution in [0.25, 0.3) is 10.8 Å². The van der Waals surface area contributed by atoms with Crippen molar-refractivity contribution in [3.63, 3.8) is 0 Å². The predicted octanol–water partition coefficient (Wildman–Crippen LogP) is 3.06. The van der Waals surface area contributed by atoms with Crippen LogP contribution in [0, 0.1) is 0 Å². The first-order chi connectivity index (χ1) is 8.17. The first-order valence-corrected chi connectivity index (χ1v) is 5.33. The van der Waals surface area contributed by atoms with Crippen LogP contribution in [0.15, 0.2) is 30.3 Å². The molecule has 3 nitrogen and oxygen atoms in total. The van der Waals surface area contributed by atoms with Gasteiger partial charge in [0.1, 0.15) is 11.5 Å². The summed E-state index contributed by atoms with van der Waals surface area (Å²) in [5, 5.41) is 1.83. The zero-order valence-electron chi connectivity index (χ0n) is 10.1. The Balaban J connectivity index is 2.81. The highest BCUT2D eigenvalue weighted by Crippen LogP contribution is 2.35. The predicted molar refractivity (Wildman–Crippen MR) is 67.1 cm³/mol. The van der Waals surface area contributed by atoms with E-state index in [9.17, 15) is 4.79 Å². The molecule has 0 heterocycles. The van der Waals surface area contributed by atoms with E-state index in [0.717, 1.165) is 16.5 Å². The summed E-state index contributed by atoms with van der Waals surface area (Å²) in [5.74, 6) is 1.42. The van der Waals surface area contributed by atoms with E-state index in [1.165, 1.54) is 0 Å². The Labute approximate surface area is 100.0 Å². The van der Waals surface area contributed by atoms with Gasteiger partial charge in [0.15, 0.2) is 5.78 Å². The maximum Gasteiger partial charge on any atom is 0.159 e. The van der Waals surface area contributed by atoms with Crippen LogP contribution in [0.2, 0.25) is 0 Å². The molecule has 0 spiro atoms. The van der Waals surface area contributed by atoms with Crippen molar-refractivity contribution in [1.29, 1.82) is 0 Å². The van der Waals surface area contributed by atoms with Gasteiger partial charge in [-0.1, -0.05) is 12.1 Å². The van der Waals surface area contributed by atoms with E-state index in [4.69, 9.17) is 9.47 Å². The maximum atomic E-state index is 11.4. The smallest absolute Gasteiger partial charge is 0.159 e. The summed E-state index contributed by atoms with van der Waals surface area (Å²) in [7, 11) is 3.21. The van der Waals surface area contributed by atoms with Crippen molar-refractivity contribution in [2.45, 2.75) is 6.92 Å². The van der Waals surface area contributed by atoms with Crippen molar-refractivity contribution in [3.8, 4) is 11.5 Å². The molecule has 0 saturated heterocycles. The molecule has 2 aromatic carbocycles. The van der Waals surface area contributed by atoms with Gasteiger partial charge in [-0.15, -0.1) is 0 Å². The van der Waals surface area contributed by atoms with Crippen LogP contribution in [0.1, 0.15) is 17.3 Å². The zero-order valence-corrected chi connectivity index (χ0v) is 10.1. The Bertz CT molecular complexity index is 573. The fourth-order valence-corrected chi connectivity index (χ4v) is 1.89. The number of carbonyl (C=O) groups is 1. The fraction of sp³-hybridized carbons (Fsp3) is 0.214. The molecule has 2 aromatic rings. The second kappa shape index (κ2) is 4.45. The molecule has 0 radical (unpaired) electrons. The summed E-state index contributed by atoms with van der Waals surface area (Å²) in [6.07, 6.45) is 0. The summed E-state index contributed by atoms with van der Waals surface area (Å²) in [5.41, 5.74) is 0.641. The van der Waals surface area contributed by atoms with Crippen molar-refractivity contribution in [2.24, 2.45) is 0 Å². The number of methoxy groups -OCH3 is 2. The molecule has 0 amide bonds. The van der Waals surface area contributed by atoms with Crippen molar-refractivity contribution >= 4 is 16.6 Å². The van der Waals surface area contributed by atoms with Gasteiger partial charge in [0, 0.05) is 5.56 Å². The normalized spacial score (nSPS) is 10.3. The van der Waals surface area contributed by atoms with Gasteiger partial charge in [-0.2, -0.15) is 0 Å². The number of fused-ring (bicyclic) bond motifs is 1. The molecular formula is C14H14O3. The van der Waals surface area contributed by atoms with Crippen LogP contribution < -0.4 is 9.47 Å². The number of Topliss-reactive ketones (excluding diaryl/α,β-unsaturated/α-hetero) is 1. The van der Waals surface area contributed by atoms with Gasteiger partial charge in [0.05, 0.1) is 19.6 Å². The minimum absolute atomic E-state index is 0.0213. The van der Waals surface area contributed by atoms with Gasteiger partial charge in [-0.3, -0.25) is 4.79 Å². The molecule has 3 heteroatoms. The second-order valence-corrected chi connectivity index (χ2v) is 3.79. The molecule has 88 valence electrons. The minimum atomic E-state index is 0.0213. The molecule has 0 aliphatic heterocycles. The lowest BCUT2D eigenvalue weighted by Crippen LogP contribution is -1.96. The average Bonchev–Trinajstić information content (AvgIpc) is 2.36. The van der Waals surface area contributed by atoms with Crippen molar-refractivity contribution in [2.75, 3.05) is 14.2 Å². The number of carbonyl (C=O) groups excluding carboxylic acids is 1. The fourth-order valence-electron chi connectivity index (χ4n) is 1.89. The van der Waals surface area contributed by atoms with E-state index >= 15 is 0 Å². The number of ether oxygens (including phenoxy) is 2. The molecule has 0 atom stereocenters. The maximum absolute atomic E-state index is 11.4. The average molecular weight is 230 g/mol. The lowest BCUT2D eigenvalue weighted by atomic mass is 10.0. The Hall–Kier alpha value is -2.03. The molecule has 0 aliphatic rings. The molecule has 0 unspecified atom stereocenters. The minimum Gasteiger partial charge on any atom is -0.496 e. The standard InChI is InChI=1S/C14H14O3/c1-9(15)11-7-10-5-4-6-12(16-2)14(10)13(8-11)17-3/h4-8H,1-3H3. The van der Waals surface area contributed by atoms with Gasteiger partial charge in [-0.05, 0) is 30.5 Å². The third kappa shape index (κ3) is 1.96. The van der Waals surface area contributed by atoms with E-state index < -0.39 is 0 Å². The van der Waals surface area contributed by atoms with Gasteiger partial charge in [0.25, 0.3) is 0 Å². The van der Waals surface area contributed by atoms with Crippen molar-refractivity contribution in [1.82, 2.24) is 0 Å². The lowest BCUT2D eigenvalue weighted by molar-refractivity contribution is 0.101. The molecule has 0 aliphatic carbocycles. The molecule has 2 rings (SSSR count). The van der Waals surface area contributed by atoms with Gasteiger partial charge >= 0.3 is 0 Å². The first-order valence-electron chi connectivity index (χ1n) is 5.33. The van der Waals surface area contributed by atoms with E-state index in [1.54, 1.807) is 27.2 Å². The molecule has 0 N–H and O–H groups in total. The van der Waals surface area contributed by atoms with Crippen LogP contribution in [0.4, 0.5) is 0 Å². The van der Waals surface area contributed by atoms with E-state index in [1.807, 2.05) is 24.3 Å². The topological polar surface area (TPSA) is 35.5 Å². The monoisotopic (exact) mass is 230 g/mol. The summed E-state index contributed by atoms with van der Waals surface area (Å²) >= 11 is 0. The van der Waals surface area contributed by atoms with Gasteiger partial charge in [-0.25, -0.2) is 0 Å². The van der Waals surface area contributed by atoms with Crippen molar-refractivity contribution < 1.29 is 14.3 Å². The highest BCUT2D eigenvalue weighted by atomic mass is 16.5. The third-order valence-electron chi connectivity index (χ3n) is 2.75. The van der Waals surface area contributed by atoms with Crippen LogP contribution >= 0.6 is 0 Å². The number of benzene rings is 2. The first kappa shape index (κ1) is 11.5. The number of rotatable bonds is 3. The lowest BCUT2D eigenvalue weighted by Gasteiger charge is -2.11. The van der Waals surface area contributed by atoms with Crippen molar-refractivity contribution in [3.05, 3.63) is 35.9 Å². The SMILES string of the molecule is COc1cccc2cc(C(C)=O)cc(OC)c12.